The van der Waals surface area contributed by atoms with E-state index in [4.69, 9.17) is 22.1 Å². The number of ether oxygens (including phenoxy) is 1. The standard InChI is InChI=1S/C12H16ClNO4S/c1-3-6-18-12(15)10-9(13)5-4-8(11(10)14)7-19(2,16)17/h4-5H,3,6-7,14H2,1-2H3. The fourth-order valence-corrected chi connectivity index (χ4v) is 2.58. The van der Waals surface area contributed by atoms with Crippen molar-refractivity contribution in [2.24, 2.45) is 0 Å². The summed E-state index contributed by atoms with van der Waals surface area (Å²) in [7, 11) is -3.25. The summed E-state index contributed by atoms with van der Waals surface area (Å²) in [5.74, 6) is -0.885. The molecule has 0 heterocycles. The number of sulfone groups is 1. The van der Waals surface area contributed by atoms with Crippen LogP contribution in [0.25, 0.3) is 0 Å². The largest absolute Gasteiger partial charge is 0.462 e. The highest BCUT2D eigenvalue weighted by Gasteiger charge is 2.20. The van der Waals surface area contributed by atoms with E-state index >= 15 is 0 Å². The number of carbonyl (C=O) groups is 1. The Morgan fingerprint density at radius 3 is 2.58 bits per heavy atom. The molecule has 0 aliphatic rings. The van der Waals surface area contributed by atoms with Gasteiger partial charge in [0.2, 0.25) is 0 Å². The summed E-state index contributed by atoms with van der Waals surface area (Å²) >= 11 is 5.92. The van der Waals surface area contributed by atoms with Gasteiger partial charge in [0.15, 0.2) is 9.84 Å². The average Bonchev–Trinajstić information content (AvgIpc) is 2.29. The molecule has 0 radical (unpaired) electrons. The third kappa shape index (κ3) is 4.40. The van der Waals surface area contributed by atoms with Crippen LogP contribution < -0.4 is 5.73 Å². The van der Waals surface area contributed by atoms with Crippen molar-refractivity contribution >= 4 is 33.1 Å². The second-order valence-electron chi connectivity index (χ2n) is 4.20. The van der Waals surface area contributed by atoms with Crippen LogP contribution in [0.2, 0.25) is 5.02 Å². The van der Waals surface area contributed by atoms with E-state index in [1.54, 1.807) is 0 Å². The molecule has 0 saturated heterocycles. The molecule has 0 aliphatic carbocycles. The molecule has 7 heteroatoms. The molecule has 1 aromatic rings. The number of rotatable bonds is 5. The minimum atomic E-state index is -3.25. The van der Waals surface area contributed by atoms with Crippen LogP contribution in [-0.2, 0) is 20.3 Å². The average molecular weight is 306 g/mol. The SMILES string of the molecule is CCCOC(=O)c1c(Cl)ccc(CS(C)(=O)=O)c1N. The second-order valence-corrected chi connectivity index (χ2v) is 6.75. The van der Waals surface area contributed by atoms with E-state index < -0.39 is 15.8 Å². The first-order valence-corrected chi connectivity index (χ1v) is 8.11. The van der Waals surface area contributed by atoms with Crippen molar-refractivity contribution in [1.29, 1.82) is 0 Å². The highest BCUT2D eigenvalue weighted by Crippen LogP contribution is 2.28. The lowest BCUT2D eigenvalue weighted by Gasteiger charge is -2.11. The van der Waals surface area contributed by atoms with Crippen molar-refractivity contribution in [3.63, 3.8) is 0 Å². The van der Waals surface area contributed by atoms with E-state index in [1.807, 2.05) is 6.92 Å². The number of hydrogen-bond acceptors (Lipinski definition) is 5. The molecule has 0 spiro atoms. The molecule has 0 aromatic heterocycles. The van der Waals surface area contributed by atoms with Gasteiger partial charge in [0.1, 0.15) is 5.56 Å². The number of benzene rings is 1. The zero-order valence-corrected chi connectivity index (χ0v) is 12.3. The third-order valence-corrected chi connectivity index (χ3v) is 3.49. The lowest BCUT2D eigenvalue weighted by molar-refractivity contribution is 0.0506. The van der Waals surface area contributed by atoms with Crippen LogP contribution in [0.3, 0.4) is 0 Å². The van der Waals surface area contributed by atoms with Crippen molar-refractivity contribution < 1.29 is 17.9 Å². The molecule has 0 atom stereocenters. The quantitative estimate of drug-likeness (QED) is 0.664. The summed E-state index contributed by atoms with van der Waals surface area (Å²) < 4.78 is 27.5. The second kappa shape index (κ2) is 6.25. The minimum absolute atomic E-state index is 0.0243. The molecule has 0 aliphatic heterocycles. The van der Waals surface area contributed by atoms with Gasteiger partial charge < -0.3 is 10.5 Å². The number of nitrogens with two attached hydrogens (primary N) is 1. The maximum absolute atomic E-state index is 11.8. The Bertz CT molecular complexity index is 584. The van der Waals surface area contributed by atoms with Crippen LogP contribution in [0.5, 0.6) is 0 Å². The van der Waals surface area contributed by atoms with Gasteiger partial charge in [0.25, 0.3) is 0 Å². The summed E-state index contributed by atoms with van der Waals surface area (Å²) in [4.78, 5) is 11.8. The molecule has 0 saturated carbocycles. The van der Waals surface area contributed by atoms with Gasteiger partial charge in [-0.1, -0.05) is 24.6 Å². The molecule has 0 amide bonds. The first kappa shape index (κ1) is 15.8. The number of nitrogen functional groups attached to an aromatic ring is 1. The van der Waals surface area contributed by atoms with Gasteiger partial charge in [0, 0.05) is 6.26 Å². The van der Waals surface area contributed by atoms with E-state index in [1.165, 1.54) is 12.1 Å². The molecule has 0 bridgehead atoms. The Labute approximate surface area is 117 Å². The summed E-state index contributed by atoms with van der Waals surface area (Å²) in [5.41, 5.74) is 6.24. The van der Waals surface area contributed by atoms with E-state index in [0.29, 0.717) is 12.0 Å². The van der Waals surface area contributed by atoms with E-state index in [-0.39, 0.29) is 28.6 Å². The van der Waals surface area contributed by atoms with E-state index in [2.05, 4.69) is 0 Å². The van der Waals surface area contributed by atoms with Gasteiger partial charge in [-0.3, -0.25) is 0 Å². The van der Waals surface area contributed by atoms with Gasteiger partial charge in [-0.2, -0.15) is 0 Å². The zero-order chi connectivity index (χ0) is 14.6. The first-order chi connectivity index (χ1) is 8.76. The number of anilines is 1. The Morgan fingerprint density at radius 1 is 1.42 bits per heavy atom. The smallest absolute Gasteiger partial charge is 0.341 e. The van der Waals surface area contributed by atoms with Crippen molar-refractivity contribution in [1.82, 2.24) is 0 Å². The number of hydrogen-bond donors (Lipinski definition) is 1. The van der Waals surface area contributed by atoms with Crippen LogP contribution in [0.4, 0.5) is 5.69 Å². The van der Waals surface area contributed by atoms with Crippen LogP contribution in [-0.4, -0.2) is 27.2 Å². The first-order valence-electron chi connectivity index (χ1n) is 5.68. The van der Waals surface area contributed by atoms with Crippen LogP contribution in [0.1, 0.15) is 29.3 Å². The van der Waals surface area contributed by atoms with E-state index in [0.717, 1.165) is 6.26 Å². The number of carbonyl (C=O) groups excluding carboxylic acids is 1. The van der Waals surface area contributed by atoms with E-state index in [9.17, 15) is 13.2 Å². The summed E-state index contributed by atoms with van der Waals surface area (Å²) in [5, 5.41) is 0.149. The fraction of sp³-hybridized carbons (Fsp3) is 0.417. The van der Waals surface area contributed by atoms with Crippen molar-refractivity contribution in [3.05, 3.63) is 28.3 Å². The molecule has 0 fully saturated rings. The third-order valence-electron chi connectivity index (χ3n) is 2.34. The Hall–Kier alpha value is -1.27. The maximum Gasteiger partial charge on any atom is 0.341 e. The summed E-state index contributed by atoms with van der Waals surface area (Å²) in [6, 6.07) is 2.94. The number of esters is 1. The molecule has 0 unspecified atom stereocenters. The Morgan fingerprint density at radius 2 is 2.05 bits per heavy atom. The van der Waals surface area contributed by atoms with Crippen LogP contribution >= 0.6 is 11.6 Å². The summed E-state index contributed by atoms with van der Waals surface area (Å²) in [6.07, 6.45) is 1.77. The molecule has 1 rings (SSSR count). The molecule has 2 N–H and O–H groups in total. The monoisotopic (exact) mass is 305 g/mol. The zero-order valence-electron chi connectivity index (χ0n) is 10.8. The van der Waals surface area contributed by atoms with Gasteiger partial charge in [-0.25, -0.2) is 13.2 Å². The van der Waals surface area contributed by atoms with Crippen molar-refractivity contribution in [3.8, 4) is 0 Å². The molecular weight excluding hydrogens is 290 g/mol. The van der Waals surface area contributed by atoms with Gasteiger partial charge >= 0.3 is 5.97 Å². The molecule has 5 nitrogen and oxygen atoms in total. The highest BCUT2D eigenvalue weighted by molar-refractivity contribution is 7.89. The lowest BCUT2D eigenvalue weighted by atomic mass is 10.1. The molecule has 1 aromatic carbocycles. The normalized spacial score (nSPS) is 11.3. The predicted octanol–water partition coefficient (Wildman–Crippen LogP) is 2.03. The Balaban J connectivity index is 3.17. The lowest BCUT2D eigenvalue weighted by Crippen LogP contribution is -2.13. The minimum Gasteiger partial charge on any atom is -0.462 e. The molecular formula is C12H16ClNO4S. The summed E-state index contributed by atoms with van der Waals surface area (Å²) in [6.45, 7) is 2.11. The molecule has 106 valence electrons. The topological polar surface area (TPSA) is 86.5 Å². The van der Waals surface area contributed by atoms with Crippen molar-refractivity contribution in [2.45, 2.75) is 19.1 Å². The Kier molecular flexibility index (Phi) is 5.20. The van der Waals surface area contributed by atoms with Crippen LogP contribution in [0, 0.1) is 0 Å². The molecule has 19 heavy (non-hydrogen) atoms. The predicted molar refractivity (Wildman–Crippen MR) is 75.0 cm³/mol. The van der Waals surface area contributed by atoms with Crippen molar-refractivity contribution in [2.75, 3.05) is 18.6 Å². The van der Waals surface area contributed by atoms with Gasteiger partial charge in [-0.15, -0.1) is 0 Å². The highest BCUT2D eigenvalue weighted by atomic mass is 35.5. The number of halogens is 1. The van der Waals surface area contributed by atoms with Gasteiger partial charge in [-0.05, 0) is 18.1 Å². The maximum atomic E-state index is 11.8. The van der Waals surface area contributed by atoms with Gasteiger partial charge in [0.05, 0.1) is 23.1 Å². The van der Waals surface area contributed by atoms with Crippen LogP contribution in [0.15, 0.2) is 12.1 Å². The fourth-order valence-electron chi connectivity index (χ4n) is 1.52.